The van der Waals surface area contributed by atoms with Gasteiger partial charge < -0.3 is 5.32 Å². The summed E-state index contributed by atoms with van der Waals surface area (Å²) in [5.41, 5.74) is 1.41. The number of amides is 1. The number of aryl methyl sites for hydroxylation is 1. The van der Waals surface area contributed by atoms with Crippen molar-refractivity contribution in [3.8, 4) is 6.07 Å². The van der Waals surface area contributed by atoms with Gasteiger partial charge in [0, 0.05) is 4.88 Å². The number of rotatable bonds is 4. The molecule has 0 unspecified atom stereocenters. The van der Waals surface area contributed by atoms with E-state index in [0.717, 1.165) is 35.9 Å². The number of nitriles is 1. The third-order valence-corrected chi connectivity index (χ3v) is 4.63. The molecule has 8 nitrogen and oxygen atoms in total. The van der Waals surface area contributed by atoms with E-state index in [1.165, 1.54) is 22.2 Å². The molecule has 0 aliphatic heterocycles. The van der Waals surface area contributed by atoms with Gasteiger partial charge in [-0.3, -0.25) is 19.6 Å². The van der Waals surface area contributed by atoms with E-state index in [4.69, 9.17) is 0 Å². The van der Waals surface area contributed by atoms with E-state index in [-0.39, 0.29) is 18.1 Å². The van der Waals surface area contributed by atoms with Gasteiger partial charge in [-0.25, -0.2) is 0 Å². The highest BCUT2D eigenvalue weighted by Crippen LogP contribution is 2.38. The molecular formula is C13H11N5O3S. The maximum atomic E-state index is 12.0. The summed E-state index contributed by atoms with van der Waals surface area (Å²) in [6.07, 6.45) is 5.14. The van der Waals surface area contributed by atoms with E-state index in [9.17, 15) is 20.2 Å². The summed E-state index contributed by atoms with van der Waals surface area (Å²) in [6, 6.07) is 2.15. The van der Waals surface area contributed by atoms with Crippen LogP contribution < -0.4 is 5.32 Å². The molecule has 2 aromatic heterocycles. The molecule has 0 spiro atoms. The molecule has 3 rings (SSSR count). The summed E-state index contributed by atoms with van der Waals surface area (Å²) >= 11 is 1.43. The van der Waals surface area contributed by atoms with Crippen LogP contribution in [0.25, 0.3) is 0 Å². The number of nitrogens with one attached hydrogen (secondary N) is 1. The highest BCUT2D eigenvalue weighted by atomic mass is 32.1. The molecule has 0 saturated heterocycles. The predicted molar refractivity (Wildman–Crippen MR) is 78.6 cm³/mol. The molecule has 112 valence electrons. The Labute approximate surface area is 129 Å². The van der Waals surface area contributed by atoms with E-state index < -0.39 is 4.92 Å². The second-order valence-corrected chi connectivity index (χ2v) is 5.98. The molecule has 0 saturated carbocycles. The Morgan fingerprint density at radius 1 is 1.59 bits per heavy atom. The molecule has 22 heavy (non-hydrogen) atoms. The first-order valence-corrected chi connectivity index (χ1v) is 7.41. The van der Waals surface area contributed by atoms with Crippen LogP contribution in [0.2, 0.25) is 0 Å². The van der Waals surface area contributed by atoms with E-state index >= 15 is 0 Å². The number of nitro groups is 1. The minimum absolute atomic E-state index is 0.138. The van der Waals surface area contributed by atoms with Gasteiger partial charge in [-0.2, -0.15) is 10.4 Å². The van der Waals surface area contributed by atoms with Crippen LogP contribution in [0.15, 0.2) is 12.4 Å². The predicted octanol–water partition coefficient (Wildman–Crippen LogP) is 1.85. The van der Waals surface area contributed by atoms with E-state index in [2.05, 4.69) is 16.5 Å². The van der Waals surface area contributed by atoms with Gasteiger partial charge in [-0.1, -0.05) is 0 Å². The van der Waals surface area contributed by atoms with Crippen LogP contribution in [0.5, 0.6) is 0 Å². The summed E-state index contributed by atoms with van der Waals surface area (Å²) in [5, 5.41) is 26.8. The molecule has 1 amide bonds. The average Bonchev–Trinajstić information content (AvgIpc) is 3.13. The van der Waals surface area contributed by atoms with Crippen molar-refractivity contribution in [2.75, 3.05) is 5.32 Å². The monoisotopic (exact) mass is 317 g/mol. The van der Waals surface area contributed by atoms with Crippen molar-refractivity contribution in [1.82, 2.24) is 9.78 Å². The van der Waals surface area contributed by atoms with Crippen molar-refractivity contribution < 1.29 is 9.72 Å². The molecule has 1 aliphatic carbocycles. The van der Waals surface area contributed by atoms with Crippen molar-refractivity contribution in [1.29, 1.82) is 5.26 Å². The Kier molecular flexibility index (Phi) is 3.60. The van der Waals surface area contributed by atoms with E-state index in [1.54, 1.807) is 0 Å². The van der Waals surface area contributed by atoms with Gasteiger partial charge in [0.1, 0.15) is 30.0 Å². The smallest absolute Gasteiger partial charge is 0.307 e. The largest absolute Gasteiger partial charge is 0.315 e. The van der Waals surface area contributed by atoms with Crippen molar-refractivity contribution in [2.24, 2.45) is 0 Å². The van der Waals surface area contributed by atoms with Crippen molar-refractivity contribution in [3.63, 3.8) is 0 Å². The maximum Gasteiger partial charge on any atom is 0.307 e. The first-order chi connectivity index (χ1) is 10.6. The molecule has 0 radical (unpaired) electrons. The third kappa shape index (κ3) is 2.56. The standard InChI is InChI=1S/C13H11N5O3S/c14-4-10-9-2-1-3-11(9)22-13(10)16-12(19)7-17-6-8(5-15-17)18(20)21/h5-6H,1-3,7H2,(H,16,19). The van der Waals surface area contributed by atoms with Gasteiger partial charge in [0.15, 0.2) is 0 Å². The summed E-state index contributed by atoms with van der Waals surface area (Å²) in [4.78, 5) is 23.2. The van der Waals surface area contributed by atoms with Crippen molar-refractivity contribution >= 4 is 27.9 Å². The highest BCUT2D eigenvalue weighted by molar-refractivity contribution is 7.16. The Balaban J connectivity index is 1.72. The lowest BCUT2D eigenvalue weighted by molar-refractivity contribution is -0.385. The second kappa shape index (κ2) is 5.57. The van der Waals surface area contributed by atoms with Crippen LogP contribution in [0.4, 0.5) is 10.7 Å². The van der Waals surface area contributed by atoms with E-state index in [0.29, 0.717) is 10.6 Å². The molecular weight excluding hydrogens is 306 g/mol. The lowest BCUT2D eigenvalue weighted by Crippen LogP contribution is -2.19. The van der Waals surface area contributed by atoms with Gasteiger partial charge in [0.2, 0.25) is 5.91 Å². The zero-order valence-electron chi connectivity index (χ0n) is 11.4. The SMILES string of the molecule is N#Cc1c(NC(=O)Cn2cc([N+](=O)[O-])cn2)sc2c1CCC2. The lowest BCUT2D eigenvalue weighted by atomic mass is 10.1. The number of aromatic nitrogens is 2. The fourth-order valence-electron chi connectivity index (χ4n) is 2.46. The number of hydrogen-bond acceptors (Lipinski definition) is 6. The fourth-order valence-corrected chi connectivity index (χ4v) is 3.71. The van der Waals surface area contributed by atoms with Crippen LogP contribution in [0, 0.1) is 21.4 Å². The van der Waals surface area contributed by atoms with Gasteiger partial charge in [-0.15, -0.1) is 11.3 Å². The molecule has 0 aromatic carbocycles. The minimum Gasteiger partial charge on any atom is -0.315 e. The van der Waals surface area contributed by atoms with Crippen LogP contribution in [0.3, 0.4) is 0 Å². The van der Waals surface area contributed by atoms with Crippen LogP contribution >= 0.6 is 11.3 Å². The summed E-state index contributed by atoms with van der Waals surface area (Å²) in [5.74, 6) is -0.366. The van der Waals surface area contributed by atoms with Crippen LogP contribution in [0.1, 0.15) is 22.4 Å². The maximum absolute atomic E-state index is 12.0. The molecule has 1 aliphatic rings. The second-order valence-electron chi connectivity index (χ2n) is 4.87. The number of fused-ring (bicyclic) bond motifs is 1. The van der Waals surface area contributed by atoms with Crippen LogP contribution in [-0.2, 0) is 24.2 Å². The van der Waals surface area contributed by atoms with Gasteiger partial charge in [-0.05, 0) is 24.8 Å². The number of carbonyl (C=O) groups is 1. The third-order valence-electron chi connectivity index (χ3n) is 3.42. The number of carbonyl (C=O) groups excluding carboxylic acids is 1. The molecule has 0 bridgehead atoms. The number of nitrogens with zero attached hydrogens (tertiary/aromatic N) is 4. The summed E-state index contributed by atoms with van der Waals surface area (Å²) < 4.78 is 1.20. The molecule has 9 heteroatoms. The number of anilines is 1. The average molecular weight is 317 g/mol. The molecule has 0 fully saturated rings. The topological polar surface area (TPSA) is 114 Å². The molecule has 2 aromatic rings. The molecule has 2 heterocycles. The molecule has 1 N–H and O–H groups in total. The van der Waals surface area contributed by atoms with Gasteiger partial charge in [0.25, 0.3) is 0 Å². The van der Waals surface area contributed by atoms with Crippen molar-refractivity contribution in [2.45, 2.75) is 25.8 Å². The zero-order valence-corrected chi connectivity index (χ0v) is 12.2. The Bertz CT molecular complexity index is 801. The number of hydrogen-bond donors (Lipinski definition) is 1. The van der Waals surface area contributed by atoms with Crippen LogP contribution in [-0.4, -0.2) is 20.6 Å². The first-order valence-electron chi connectivity index (χ1n) is 6.60. The van der Waals surface area contributed by atoms with Gasteiger partial charge in [0.05, 0.1) is 10.5 Å². The summed E-state index contributed by atoms with van der Waals surface area (Å²) in [7, 11) is 0. The Hall–Kier alpha value is -2.73. The highest BCUT2D eigenvalue weighted by Gasteiger charge is 2.23. The normalized spacial score (nSPS) is 12.7. The zero-order chi connectivity index (χ0) is 15.7. The van der Waals surface area contributed by atoms with E-state index in [1.807, 2.05) is 0 Å². The quantitative estimate of drug-likeness (QED) is 0.682. The Morgan fingerprint density at radius 3 is 3.09 bits per heavy atom. The summed E-state index contributed by atoms with van der Waals surface area (Å²) in [6.45, 7) is -0.138. The first kappa shape index (κ1) is 14.2. The van der Waals surface area contributed by atoms with Gasteiger partial charge >= 0.3 is 5.69 Å². The minimum atomic E-state index is -0.570. The van der Waals surface area contributed by atoms with Crippen molar-refractivity contribution in [3.05, 3.63) is 38.5 Å². The number of thiophene rings is 1. The lowest BCUT2D eigenvalue weighted by Gasteiger charge is -2.03. The fraction of sp³-hybridized carbons (Fsp3) is 0.308. The Morgan fingerprint density at radius 2 is 2.41 bits per heavy atom. The molecule has 0 atom stereocenters.